The molecule has 1 amide bonds. The molecule has 5 nitrogen and oxygen atoms in total. The number of hydrogen-bond acceptors (Lipinski definition) is 4. The molecule has 1 N–H and O–H groups in total. The first-order valence-electron chi connectivity index (χ1n) is 9.53. The van der Waals surface area contributed by atoms with Crippen molar-refractivity contribution in [1.82, 2.24) is 9.96 Å². The molecular weight excluding hydrogens is 328 g/mol. The van der Waals surface area contributed by atoms with E-state index in [2.05, 4.69) is 30.3 Å². The Hall–Kier alpha value is -1.95. The van der Waals surface area contributed by atoms with E-state index in [1.165, 1.54) is 10.8 Å². The lowest BCUT2D eigenvalue weighted by Crippen LogP contribution is -2.46. The predicted octanol–water partition coefficient (Wildman–Crippen LogP) is 2.54. The normalized spacial score (nSPS) is 24.3. The van der Waals surface area contributed by atoms with Crippen molar-refractivity contribution in [2.45, 2.75) is 31.3 Å². The zero-order valence-corrected chi connectivity index (χ0v) is 15.0. The standard InChI is InChI=1S/C21H26N2O3/c24-20-15-22(21(25)9-12-23-10-3-13-26-23)11-8-19(20)18-7-6-16-4-1-2-5-17(16)14-18/h1-2,4-7,14,19-20,24H,3,8-13,15H2/t19-,20+/m0/s1. The lowest BCUT2D eigenvalue weighted by atomic mass is 9.86. The maximum Gasteiger partial charge on any atom is 0.224 e. The molecule has 2 heterocycles. The summed E-state index contributed by atoms with van der Waals surface area (Å²) in [5.41, 5.74) is 1.16. The minimum Gasteiger partial charge on any atom is -0.391 e. The van der Waals surface area contributed by atoms with Crippen molar-refractivity contribution in [2.24, 2.45) is 0 Å². The van der Waals surface area contributed by atoms with Gasteiger partial charge < -0.3 is 10.0 Å². The first kappa shape index (κ1) is 17.5. The Balaban J connectivity index is 1.37. The third-order valence-electron chi connectivity index (χ3n) is 5.54. The van der Waals surface area contributed by atoms with Crippen molar-refractivity contribution < 1.29 is 14.7 Å². The molecule has 0 aromatic heterocycles. The molecular formula is C21H26N2O3. The van der Waals surface area contributed by atoms with E-state index in [4.69, 9.17) is 4.84 Å². The quantitative estimate of drug-likeness (QED) is 0.917. The molecule has 0 aliphatic carbocycles. The molecule has 0 radical (unpaired) electrons. The number of fused-ring (bicyclic) bond motifs is 1. The molecule has 26 heavy (non-hydrogen) atoms. The summed E-state index contributed by atoms with van der Waals surface area (Å²) in [6.07, 6.45) is 1.76. The Morgan fingerprint density at radius 3 is 2.77 bits per heavy atom. The number of benzene rings is 2. The summed E-state index contributed by atoms with van der Waals surface area (Å²) in [5.74, 6) is 0.196. The number of piperidine rings is 1. The van der Waals surface area contributed by atoms with E-state index < -0.39 is 6.10 Å². The first-order valence-corrected chi connectivity index (χ1v) is 9.53. The van der Waals surface area contributed by atoms with Gasteiger partial charge in [-0.05, 0) is 29.2 Å². The molecule has 0 saturated carbocycles. The van der Waals surface area contributed by atoms with Crippen molar-refractivity contribution in [3.05, 3.63) is 48.0 Å². The number of rotatable bonds is 4. The van der Waals surface area contributed by atoms with Gasteiger partial charge in [0.2, 0.25) is 5.91 Å². The van der Waals surface area contributed by atoms with Crippen molar-refractivity contribution in [1.29, 1.82) is 0 Å². The number of hydroxylamine groups is 2. The summed E-state index contributed by atoms with van der Waals surface area (Å²) >= 11 is 0. The van der Waals surface area contributed by atoms with Crippen LogP contribution in [-0.2, 0) is 9.63 Å². The van der Waals surface area contributed by atoms with Gasteiger partial charge >= 0.3 is 0 Å². The maximum absolute atomic E-state index is 12.5. The van der Waals surface area contributed by atoms with Gasteiger partial charge in [0.1, 0.15) is 0 Å². The summed E-state index contributed by atoms with van der Waals surface area (Å²) in [5, 5.41) is 14.9. The number of hydrogen-bond donors (Lipinski definition) is 1. The van der Waals surface area contributed by atoms with E-state index in [0.717, 1.165) is 31.6 Å². The summed E-state index contributed by atoms with van der Waals surface area (Å²) in [7, 11) is 0. The number of nitrogens with zero attached hydrogens (tertiary/aromatic N) is 2. The number of β-amino-alcohol motifs (C(OH)–C–C–N with tert-alkyl or cyclic N) is 1. The summed E-state index contributed by atoms with van der Waals surface area (Å²) in [6.45, 7) is 3.41. The minimum atomic E-state index is -0.517. The van der Waals surface area contributed by atoms with Gasteiger partial charge in [-0.25, -0.2) is 0 Å². The summed E-state index contributed by atoms with van der Waals surface area (Å²) < 4.78 is 0. The molecule has 2 saturated heterocycles. The Morgan fingerprint density at radius 2 is 2.00 bits per heavy atom. The van der Waals surface area contributed by atoms with E-state index in [9.17, 15) is 9.90 Å². The van der Waals surface area contributed by atoms with E-state index in [1.807, 2.05) is 17.2 Å². The monoisotopic (exact) mass is 354 g/mol. The smallest absolute Gasteiger partial charge is 0.224 e. The molecule has 2 fully saturated rings. The molecule has 2 aliphatic heterocycles. The van der Waals surface area contributed by atoms with Crippen LogP contribution in [0.3, 0.4) is 0 Å². The molecule has 4 rings (SSSR count). The highest BCUT2D eigenvalue weighted by molar-refractivity contribution is 5.83. The average Bonchev–Trinajstić information content (AvgIpc) is 3.19. The van der Waals surface area contributed by atoms with Crippen molar-refractivity contribution >= 4 is 16.7 Å². The van der Waals surface area contributed by atoms with Crippen LogP contribution in [0.5, 0.6) is 0 Å². The molecule has 2 aliphatic rings. The molecule has 5 heteroatoms. The first-order chi connectivity index (χ1) is 12.7. The second kappa shape index (κ2) is 7.74. The van der Waals surface area contributed by atoms with Crippen molar-refractivity contribution in [3.8, 4) is 0 Å². The molecule has 2 aromatic carbocycles. The zero-order valence-electron chi connectivity index (χ0n) is 15.0. The van der Waals surface area contributed by atoms with Gasteiger partial charge in [-0.3, -0.25) is 9.63 Å². The molecule has 2 aromatic rings. The van der Waals surface area contributed by atoms with Gasteiger partial charge in [-0.15, -0.1) is 0 Å². The fraction of sp³-hybridized carbons (Fsp3) is 0.476. The minimum absolute atomic E-state index is 0.0885. The highest BCUT2D eigenvalue weighted by Gasteiger charge is 2.31. The highest BCUT2D eigenvalue weighted by atomic mass is 16.7. The van der Waals surface area contributed by atoms with Gasteiger partial charge in [0, 0.05) is 38.5 Å². The topological polar surface area (TPSA) is 53.0 Å². The van der Waals surface area contributed by atoms with Gasteiger partial charge in [-0.2, -0.15) is 5.06 Å². The van der Waals surface area contributed by atoms with Gasteiger partial charge in [0.25, 0.3) is 0 Å². The third kappa shape index (κ3) is 3.75. The van der Waals surface area contributed by atoms with Gasteiger partial charge in [0.15, 0.2) is 0 Å². The number of aliphatic hydroxyl groups excluding tert-OH is 1. The van der Waals surface area contributed by atoms with Crippen LogP contribution < -0.4 is 0 Å². The van der Waals surface area contributed by atoms with Crippen LogP contribution >= 0.6 is 0 Å². The van der Waals surface area contributed by atoms with Gasteiger partial charge in [-0.1, -0.05) is 42.5 Å². The molecule has 0 unspecified atom stereocenters. The summed E-state index contributed by atoms with van der Waals surface area (Å²) in [6, 6.07) is 14.7. The Labute approximate surface area is 154 Å². The number of carbonyl (C=O) groups is 1. The maximum atomic E-state index is 12.5. The SMILES string of the molecule is O=C(CCN1CCCO1)N1CC[C@@H](c2ccc3ccccc3c2)[C@H](O)C1. The third-order valence-corrected chi connectivity index (χ3v) is 5.54. The number of amides is 1. The number of aliphatic hydroxyl groups is 1. The number of carbonyl (C=O) groups excluding carboxylic acids is 1. The Bertz CT molecular complexity index is 773. The highest BCUT2D eigenvalue weighted by Crippen LogP contribution is 2.30. The van der Waals surface area contributed by atoms with Crippen LogP contribution in [0, 0.1) is 0 Å². The van der Waals surface area contributed by atoms with Crippen molar-refractivity contribution in [2.75, 3.05) is 32.8 Å². The lowest BCUT2D eigenvalue weighted by molar-refractivity contribution is -0.141. The van der Waals surface area contributed by atoms with Crippen LogP contribution in [0.4, 0.5) is 0 Å². The lowest BCUT2D eigenvalue weighted by Gasteiger charge is -2.36. The predicted molar refractivity (Wildman–Crippen MR) is 101 cm³/mol. The van der Waals surface area contributed by atoms with E-state index in [0.29, 0.717) is 26.1 Å². The molecule has 2 atom stereocenters. The molecule has 0 bridgehead atoms. The van der Waals surface area contributed by atoms with Crippen LogP contribution in [0.1, 0.15) is 30.7 Å². The van der Waals surface area contributed by atoms with Crippen LogP contribution in [-0.4, -0.2) is 59.9 Å². The number of likely N-dealkylation sites (tertiary alicyclic amines) is 1. The fourth-order valence-electron chi connectivity index (χ4n) is 4.04. The van der Waals surface area contributed by atoms with Crippen molar-refractivity contribution in [3.63, 3.8) is 0 Å². The largest absolute Gasteiger partial charge is 0.391 e. The fourth-order valence-corrected chi connectivity index (χ4v) is 4.04. The molecule has 0 spiro atoms. The van der Waals surface area contributed by atoms with E-state index in [-0.39, 0.29) is 11.8 Å². The average molecular weight is 354 g/mol. The second-order valence-electron chi connectivity index (χ2n) is 7.27. The van der Waals surface area contributed by atoms with E-state index >= 15 is 0 Å². The Kier molecular flexibility index (Phi) is 5.20. The molecule has 138 valence electrons. The summed E-state index contributed by atoms with van der Waals surface area (Å²) in [4.78, 5) is 19.7. The Morgan fingerprint density at radius 1 is 1.15 bits per heavy atom. The zero-order chi connectivity index (χ0) is 17.9. The van der Waals surface area contributed by atoms with Crippen LogP contribution in [0.2, 0.25) is 0 Å². The van der Waals surface area contributed by atoms with Crippen LogP contribution in [0.25, 0.3) is 10.8 Å². The van der Waals surface area contributed by atoms with Gasteiger partial charge in [0.05, 0.1) is 12.7 Å². The second-order valence-corrected chi connectivity index (χ2v) is 7.27. The van der Waals surface area contributed by atoms with E-state index in [1.54, 1.807) is 4.90 Å². The van der Waals surface area contributed by atoms with Crippen LogP contribution in [0.15, 0.2) is 42.5 Å².